The molecule has 1 aromatic rings. The van der Waals surface area contributed by atoms with Crippen LogP contribution in [0.3, 0.4) is 0 Å². The molecule has 1 unspecified atom stereocenters. The topological polar surface area (TPSA) is 53.4 Å². The summed E-state index contributed by atoms with van der Waals surface area (Å²) in [6, 6.07) is 0.227. The van der Waals surface area contributed by atoms with Crippen LogP contribution in [0.5, 0.6) is 0 Å². The van der Waals surface area contributed by atoms with Gasteiger partial charge in [0.2, 0.25) is 0 Å². The lowest BCUT2D eigenvalue weighted by Crippen LogP contribution is -2.25. The molecule has 0 bridgehead atoms. The fourth-order valence-corrected chi connectivity index (χ4v) is 2.65. The van der Waals surface area contributed by atoms with Gasteiger partial charge in [0.25, 0.3) is 0 Å². The minimum atomic E-state index is -0.753. The van der Waals surface area contributed by atoms with Crippen molar-refractivity contribution in [2.24, 2.45) is 0 Å². The van der Waals surface area contributed by atoms with Crippen molar-refractivity contribution in [2.45, 2.75) is 33.2 Å². The Morgan fingerprint density at radius 3 is 2.62 bits per heavy atom. The highest BCUT2D eigenvalue weighted by Gasteiger charge is 2.17. The van der Waals surface area contributed by atoms with Gasteiger partial charge in [-0.2, -0.15) is 0 Å². The van der Waals surface area contributed by atoms with Crippen molar-refractivity contribution in [3.05, 3.63) is 15.6 Å². The summed E-state index contributed by atoms with van der Waals surface area (Å²) < 4.78 is 0. The molecule has 1 heterocycles. The number of aliphatic carboxylic acids is 1. The standard InChI is InChI=1S/C11H18N2O2S/c1-7-11(16-9(3)12-7)8(2)13(4)6-5-10(14)15/h8H,5-6H2,1-4H3,(H,14,15). The normalized spacial score (nSPS) is 13.1. The van der Waals surface area contributed by atoms with E-state index >= 15 is 0 Å². The summed E-state index contributed by atoms with van der Waals surface area (Å²) in [7, 11) is 1.95. The zero-order valence-corrected chi connectivity index (χ0v) is 11.0. The molecule has 16 heavy (non-hydrogen) atoms. The number of carbonyl (C=O) groups is 1. The van der Waals surface area contributed by atoms with Crippen molar-refractivity contribution in [1.29, 1.82) is 0 Å². The van der Waals surface area contributed by atoms with Gasteiger partial charge in [0.15, 0.2) is 0 Å². The third kappa shape index (κ3) is 3.28. The Hall–Kier alpha value is -0.940. The van der Waals surface area contributed by atoms with E-state index in [1.165, 1.54) is 4.88 Å². The van der Waals surface area contributed by atoms with Crippen LogP contribution in [-0.2, 0) is 4.79 Å². The van der Waals surface area contributed by atoms with E-state index in [0.717, 1.165) is 10.7 Å². The fourth-order valence-electron chi connectivity index (χ4n) is 1.60. The largest absolute Gasteiger partial charge is 0.481 e. The number of aryl methyl sites for hydroxylation is 2. The maximum absolute atomic E-state index is 10.5. The second-order valence-electron chi connectivity index (χ2n) is 3.98. The van der Waals surface area contributed by atoms with Crippen LogP contribution >= 0.6 is 11.3 Å². The molecule has 4 nitrogen and oxygen atoms in total. The van der Waals surface area contributed by atoms with Gasteiger partial charge in [0, 0.05) is 17.5 Å². The van der Waals surface area contributed by atoms with Crippen molar-refractivity contribution in [3.8, 4) is 0 Å². The third-order valence-corrected chi connectivity index (χ3v) is 3.90. The highest BCUT2D eigenvalue weighted by atomic mass is 32.1. The third-order valence-electron chi connectivity index (χ3n) is 2.66. The Kier molecular flexibility index (Phi) is 4.44. The van der Waals surface area contributed by atoms with Crippen LogP contribution in [0.15, 0.2) is 0 Å². The number of thiazole rings is 1. The molecule has 0 amide bonds. The molecule has 0 aromatic carbocycles. The predicted molar refractivity (Wildman–Crippen MR) is 64.9 cm³/mol. The van der Waals surface area contributed by atoms with Crippen molar-refractivity contribution in [3.63, 3.8) is 0 Å². The Balaban J connectivity index is 2.66. The van der Waals surface area contributed by atoms with E-state index in [0.29, 0.717) is 6.54 Å². The first-order valence-corrected chi connectivity index (χ1v) is 6.09. The van der Waals surface area contributed by atoms with E-state index < -0.39 is 5.97 Å². The quantitative estimate of drug-likeness (QED) is 0.860. The first-order valence-electron chi connectivity index (χ1n) is 5.27. The van der Waals surface area contributed by atoms with Gasteiger partial charge in [-0.15, -0.1) is 11.3 Å². The Bertz CT molecular complexity index is 376. The van der Waals surface area contributed by atoms with Gasteiger partial charge in [-0.1, -0.05) is 0 Å². The van der Waals surface area contributed by atoms with Crippen LogP contribution < -0.4 is 0 Å². The number of nitrogens with zero attached hydrogens (tertiary/aromatic N) is 2. The summed E-state index contributed by atoms with van der Waals surface area (Å²) in [4.78, 5) is 18.2. The van der Waals surface area contributed by atoms with Crippen LogP contribution in [0, 0.1) is 13.8 Å². The molecule has 0 saturated carbocycles. The van der Waals surface area contributed by atoms with Crippen LogP contribution in [0.4, 0.5) is 0 Å². The van der Waals surface area contributed by atoms with Crippen molar-refractivity contribution >= 4 is 17.3 Å². The lowest BCUT2D eigenvalue weighted by atomic mass is 10.2. The predicted octanol–water partition coefficient (Wildman–Crippen LogP) is 2.23. The van der Waals surface area contributed by atoms with Gasteiger partial charge in [0.05, 0.1) is 17.1 Å². The van der Waals surface area contributed by atoms with Gasteiger partial charge in [-0.3, -0.25) is 9.69 Å². The fraction of sp³-hybridized carbons (Fsp3) is 0.636. The molecule has 1 N–H and O–H groups in total. The number of hydrogen-bond acceptors (Lipinski definition) is 4. The van der Waals surface area contributed by atoms with E-state index in [9.17, 15) is 4.79 Å². The molecule has 1 atom stereocenters. The summed E-state index contributed by atoms with van der Waals surface area (Å²) in [5.74, 6) is -0.753. The molecule has 0 spiro atoms. The van der Waals surface area contributed by atoms with Crippen molar-refractivity contribution in [2.75, 3.05) is 13.6 Å². The summed E-state index contributed by atoms with van der Waals surface area (Å²) in [5, 5.41) is 9.70. The first-order chi connectivity index (χ1) is 7.41. The molecule has 0 aliphatic carbocycles. The highest BCUT2D eigenvalue weighted by molar-refractivity contribution is 7.11. The Morgan fingerprint density at radius 2 is 2.19 bits per heavy atom. The number of carboxylic acids is 1. The first kappa shape index (κ1) is 13.1. The summed E-state index contributed by atoms with van der Waals surface area (Å²) >= 11 is 1.68. The van der Waals surface area contributed by atoms with E-state index in [1.54, 1.807) is 11.3 Å². The van der Waals surface area contributed by atoms with Crippen LogP contribution in [-0.4, -0.2) is 34.6 Å². The lowest BCUT2D eigenvalue weighted by molar-refractivity contribution is -0.137. The van der Waals surface area contributed by atoms with Gasteiger partial charge in [0.1, 0.15) is 0 Å². The monoisotopic (exact) mass is 242 g/mol. The van der Waals surface area contributed by atoms with E-state index in [1.807, 2.05) is 25.8 Å². The van der Waals surface area contributed by atoms with Gasteiger partial charge >= 0.3 is 5.97 Å². The maximum atomic E-state index is 10.5. The second-order valence-corrected chi connectivity index (χ2v) is 5.22. The number of hydrogen-bond donors (Lipinski definition) is 1. The van der Waals surface area contributed by atoms with Crippen molar-refractivity contribution < 1.29 is 9.90 Å². The second kappa shape index (κ2) is 5.41. The minimum absolute atomic E-state index is 0.178. The smallest absolute Gasteiger partial charge is 0.304 e. The van der Waals surface area contributed by atoms with Gasteiger partial charge < -0.3 is 5.11 Å². The molecule has 1 aromatic heterocycles. The molecule has 5 heteroatoms. The number of carboxylic acid groups (broad SMARTS) is 1. The Labute approximate surface area is 99.9 Å². The summed E-state index contributed by atoms with van der Waals surface area (Å²) in [5.41, 5.74) is 1.05. The average Bonchev–Trinajstić information content (AvgIpc) is 2.53. The molecule has 90 valence electrons. The average molecular weight is 242 g/mol. The van der Waals surface area contributed by atoms with Crippen LogP contribution in [0.25, 0.3) is 0 Å². The van der Waals surface area contributed by atoms with Gasteiger partial charge in [-0.05, 0) is 27.8 Å². The van der Waals surface area contributed by atoms with Crippen LogP contribution in [0.1, 0.15) is 35.0 Å². The SMILES string of the molecule is Cc1nc(C)c(C(C)N(C)CCC(=O)O)s1. The molecule has 0 aliphatic rings. The lowest BCUT2D eigenvalue weighted by Gasteiger charge is -2.23. The minimum Gasteiger partial charge on any atom is -0.481 e. The molecule has 1 rings (SSSR count). The highest BCUT2D eigenvalue weighted by Crippen LogP contribution is 2.27. The molecule has 0 aliphatic heterocycles. The molecular weight excluding hydrogens is 224 g/mol. The molecule has 0 radical (unpaired) electrons. The molecule has 0 fully saturated rings. The number of aromatic nitrogens is 1. The van der Waals surface area contributed by atoms with Crippen LogP contribution in [0.2, 0.25) is 0 Å². The number of rotatable bonds is 5. The van der Waals surface area contributed by atoms with E-state index in [2.05, 4.69) is 11.9 Å². The van der Waals surface area contributed by atoms with E-state index in [4.69, 9.17) is 5.11 Å². The molecule has 0 saturated heterocycles. The van der Waals surface area contributed by atoms with E-state index in [-0.39, 0.29) is 12.5 Å². The summed E-state index contributed by atoms with van der Waals surface area (Å²) in [6.45, 7) is 6.64. The maximum Gasteiger partial charge on any atom is 0.304 e. The van der Waals surface area contributed by atoms with Crippen molar-refractivity contribution in [1.82, 2.24) is 9.88 Å². The summed E-state index contributed by atoms with van der Waals surface area (Å²) in [6.07, 6.45) is 0.178. The Morgan fingerprint density at radius 1 is 1.56 bits per heavy atom. The zero-order chi connectivity index (χ0) is 12.3. The zero-order valence-electron chi connectivity index (χ0n) is 10.1. The van der Waals surface area contributed by atoms with Gasteiger partial charge in [-0.25, -0.2) is 4.98 Å². The molecular formula is C11H18N2O2S.